The maximum atomic E-state index is 11.9. The number of carbonyl (C=O) groups is 2. The number of carbonyl (C=O) groups excluding carboxylic acids is 2. The quantitative estimate of drug-likeness (QED) is 0.788. The highest BCUT2D eigenvalue weighted by Crippen LogP contribution is 2.06. The van der Waals surface area contributed by atoms with Crippen molar-refractivity contribution in [1.82, 2.24) is 10.2 Å². The molecule has 1 N–H and O–H groups in total. The van der Waals surface area contributed by atoms with Crippen molar-refractivity contribution < 1.29 is 14.3 Å². The highest BCUT2D eigenvalue weighted by Gasteiger charge is 2.23. The van der Waals surface area contributed by atoms with Gasteiger partial charge in [0.2, 0.25) is 0 Å². The van der Waals surface area contributed by atoms with E-state index in [1.54, 1.807) is 0 Å². The van der Waals surface area contributed by atoms with Crippen LogP contribution in [-0.4, -0.2) is 43.0 Å². The first kappa shape index (κ1) is 13.5. The lowest BCUT2D eigenvalue weighted by Gasteiger charge is -2.26. The van der Waals surface area contributed by atoms with Crippen molar-refractivity contribution in [2.24, 2.45) is 0 Å². The van der Waals surface area contributed by atoms with Crippen molar-refractivity contribution in [2.75, 3.05) is 26.3 Å². The molecule has 0 spiro atoms. The van der Waals surface area contributed by atoms with Crippen LogP contribution in [0.15, 0.2) is 24.3 Å². The molecule has 102 valence electrons. The molecule has 5 nitrogen and oxygen atoms in total. The fraction of sp³-hybridized carbons (Fsp3) is 0.429. The van der Waals surface area contributed by atoms with E-state index in [4.69, 9.17) is 4.74 Å². The summed E-state index contributed by atoms with van der Waals surface area (Å²) in [6, 6.07) is 7.78. The molecule has 2 rings (SSSR count). The van der Waals surface area contributed by atoms with Crippen LogP contribution in [0.1, 0.15) is 11.1 Å². The van der Waals surface area contributed by atoms with Crippen LogP contribution in [0.25, 0.3) is 0 Å². The number of morpholine rings is 1. The van der Waals surface area contributed by atoms with Gasteiger partial charge < -0.3 is 15.0 Å². The van der Waals surface area contributed by atoms with Gasteiger partial charge in [-0.2, -0.15) is 0 Å². The number of benzene rings is 1. The molecule has 0 radical (unpaired) electrons. The van der Waals surface area contributed by atoms with Crippen LogP contribution in [0.3, 0.4) is 0 Å². The van der Waals surface area contributed by atoms with Crippen LogP contribution in [-0.2, 0) is 20.9 Å². The number of nitrogens with one attached hydrogen (secondary N) is 1. The second kappa shape index (κ2) is 6.33. The predicted octanol–water partition coefficient (Wildman–Crippen LogP) is 0.470. The number of aryl methyl sites for hydroxylation is 1. The molecule has 0 atom stereocenters. The zero-order valence-corrected chi connectivity index (χ0v) is 11.0. The van der Waals surface area contributed by atoms with Crippen molar-refractivity contribution in [2.45, 2.75) is 13.5 Å². The molecule has 0 bridgehead atoms. The molecule has 1 aliphatic rings. The SMILES string of the molecule is Cc1ccccc1CNC(=O)C(=O)N1CCOCC1. The van der Waals surface area contributed by atoms with Crippen molar-refractivity contribution in [3.8, 4) is 0 Å². The minimum Gasteiger partial charge on any atom is -0.378 e. The first-order valence-electron chi connectivity index (χ1n) is 6.38. The van der Waals surface area contributed by atoms with Crippen LogP contribution < -0.4 is 5.32 Å². The number of hydrogen-bond acceptors (Lipinski definition) is 3. The summed E-state index contributed by atoms with van der Waals surface area (Å²) in [6.45, 7) is 4.31. The first-order chi connectivity index (χ1) is 9.18. The summed E-state index contributed by atoms with van der Waals surface area (Å²) in [4.78, 5) is 25.2. The number of ether oxygens (including phenoxy) is 1. The molecule has 1 saturated heterocycles. The zero-order valence-electron chi connectivity index (χ0n) is 11.0. The van der Waals surface area contributed by atoms with E-state index in [1.165, 1.54) is 4.90 Å². The van der Waals surface area contributed by atoms with Gasteiger partial charge in [-0.1, -0.05) is 24.3 Å². The summed E-state index contributed by atoms with van der Waals surface area (Å²) >= 11 is 0. The van der Waals surface area contributed by atoms with Crippen molar-refractivity contribution in [3.05, 3.63) is 35.4 Å². The highest BCUT2D eigenvalue weighted by atomic mass is 16.5. The van der Waals surface area contributed by atoms with Gasteiger partial charge in [0.25, 0.3) is 0 Å². The van der Waals surface area contributed by atoms with E-state index in [0.29, 0.717) is 32.8 Å². The highest BCUT2D eigenvalue weighted by molar-refractivity contribution is 6.34. The molecule has 0 unspecified atom stereocenters. The summed E-state index contributed by atoms with van der Waals surface area (Å²) in [7, 11) is 0. The van der Waals surface area contributed by atoms with E-state index in [1.807, 2.05) is 31.2 Å². The third kappa shape index (κ3) is 3.54. The number of nitrogens with zero attached hydrogens (tertiary/aromatic N) is 1. The lowest BCUT2D eigenvalue weighted by Crippen LogP contribution is -2.47. The fourth-order valence-electron chi connectivity index (χ4n) is 1.97. The molecule has 0 aliphatic carbocycles. The van der Waals surface area contributed by atoms with Crippen LogP contribution in [0.5, 0.6) is 0 Å². The lowest BCUT2D eigenvalue weighted by molar-refractivity contribution is -0.148. The molecule has 5 heteroatoms. The van der Waals surface area contributed by atoms with Crippen LogP contribution in [0.4, 0.5) is 0 Å². The van der Waals surface area contributed by atoms with E-state index in [0.717, 1.165) is 11.1 Å². The van der Waals surface area contributed by atoms with Gasteiger partial charge in [0.1, 0.15) is 0 Å². The Labute approximate surface area is 112 Å². The summed E-state index contributed by atoms with van der Waals surface area (Å²) in [5, 5.41) is 2.67. The van der Waals surface area contributed by atoms with Crippen molar-refractivity contribution in [3.63, 3.8) is 0 Å². The lowest BCUT2D eigenvalue weighted by atomic mass is 10.1. The van der Waals surface area contributed by atoms with Gasteiger partial charge in [0.05, 0.1) is 13.2 Å². The van der Waals surface area contributed by atoms with E-state index in [9.17, 15) is 9.59 Å². The monoisotopic (exact) mass is 262 g/mol. The standard InChI is InChI=1S/C14H18N2O3/c1-11-4-2-3-5-12(11)10-15-13(17)14(18)16-6-8-19-9-7-16/h2-5H,6-10H2,1H3,(H,15,17). The Bertz CT molecular complexity index is 468. The molecule has 1 aliphatic heterocycles. The Balaban J connectivity index is 1.87. The van der Waals surface area contributed by atoms with Crippen molar-refractivity contribution >= 4 is 11.8 Å². The third-order valence-corrected chi connectivity index (χ3v) is 3.19. The largest absolute Gasteiger partial charge is 0.378 e. The van der Waals surface area contributed by atoms with Gasteiger partial charge in [-0.05, 0) is 18.1 Å². The van der Waals surface area contributed by atoms with Crippen LogP contribution in [0, 0.1) is 6.92 Å². The molecular weight excluding hydrogens is 244 g/mol. The molecule has 0 aromatic heterocycles. The maximum absolute atomic E-state index is 11.9. The second-order valence-corrected chi connectivity index (χ2v) is 4.51. The first-order valence-corrected chi connectivity index (χ1v) is 6.38. The molecule has 1 heterocycles. The normalized spacial score (nSPS) is 15.1. The van der Waals surface area contributed by atoms with E-state index >= 15 is 0 Å². The Kier molecular flexibility index (Phi) is 4.52. The summed E-state index contributed by atoms with van der Waals surface area (Å²) in [6.07, 6.45) is 0. The average molecular weight is 262 g/mol. The van der Waals surface area contributed by atoms with E-state index in [-0.39, 0.29) is 0 Å². The van der Waals surface area contributed by atoms with Gasteiger partial charge in [0.15, 0.2) is 0 Å². The Hall–Kier alpha value is -1.88. The fourth-order valence-corrected chi connectivity index (χ4v) is 1.97. The second-order valence-electron chi connectivity index (χ2n) is 4.51. The Morgan fingerprint density at radius 3 is 2.63 bits per heavy atom. The van der Waals surface area contributed by atoms with Gasteiger partial charge in [-0.15, -0.1) is 0 Å². The topological polar surface area (TPSA) is 58.6 Å². The molecule has 2 amide bonds. The number of rotatable bonds is 2. The van der Waals surface area contributed by atoms with E-state index < -0.39 is 11.8 Å². The minimum absolute atomic E-state index is 0.377. The average Bonchev–Trinajstić information content (AvgIpc) is 2.46. The predicted molar refractivity (Wildman–Crippen MR) is 70.4 cm³/mol. The molecule has 1 aromatic carbocycles. The molecule has 0 saturated carbocycles. The third-order valence-electron chi connectivity index (χ3n) is 3.19. The van der Waals surface area contributed by atoms with Gasteiger partial charge in [-0.3, -0.25) is 9.59 Å². The molecule has 1 fully saturated rings. The van der Waals surface area contributed by atoms with Crippen LogP contribution >= 0.6 is 0 Å². The summed E-state index contributed by atoms with van der Waals surface area (Å²) in [5.74, 6) is -1.03. The van der Waals surface area contributed by atoms with Crippen LogP contribution in [0.2, 0.25) is 0 Å². The van der Waals surface area contributed by atoms with Gasteiger partial charge >= 0.3 is 11.8 Å². The van der Waals surface area contributed by atoms with E-state index in [2.05, 4.69) is 5.32 Å². The molecular formula is C14H18N2O3. The van der Waals surface area contributed by atoms with Gasteiger partial charge in [-0.25, -0.2) is 0 Å². The number of amides is 2. The molecule has 1 aromatic rings. The number of hydrogen-bond donors (Lipinski definition) is 1. The smallest absolute Gasteiger partial charge is 0.312 e. The minimum atomic E-state index is -0.551. The zero-order chi connectivity index (χ0) is 13.7. The Morgan fingerprint density at radius 2 is 1.95 bits per heavy atom. The van der Waals surface area contributed by atoms with Gasteiger partial charge in [0, 0.05) is 19.6 Å². The summed E-state index contributed by atoms with van der Waals surface area (Å²) < 4.78 is 5.15. The summed E-state index contributed by atoms with van der Waals surface area (Å²) in [5.41, 5.74) is 2.12. The van der Waals surface area contributed by atoms with Crippen molar-refractivity contribution in [1.29, 1.82) is 0 Å². The Morgan fingerprint density at radius 1 is 1.26 bits per heavy atom. The molecule has 19 heavy (non-hydrogen) atoms. The maximum Gasteiger partial charge on any atom is 0.312 e.